The molecule has 2 fully saturated rings. The first-order valence-electron chi connectivity index (χ1n) is 14.0. The molecule has 5 heterocycles. The van der Waals surface area contributed by atoms with E-state index in [4.69, 9.17) is 9.47 Å². The van der Waals surface area contributed by atoms with Crippen LogP contribution in [0.15, 0.2) is 42.9 Å². The van der Waals surface area contributed by atoms with E-state index in [0.717, 1.165) is 27.8 Å². The molecule has 15 nitrogen and oxygen atoms in total. The van der Waals surface area contributed by atoms with Gasteiger partial charge in [-0.1, -0.05) is 22.2 Å². The van der Waals surface area contributed by atoms with Gasteiger partial charge < -0.3 is 40.1 Å². The molecule has 47 heavy (non-hydrogen) atoms. The summed E-state index contributed by atoms with van der Waals surface area (Å²) in [6, 6.07) is 1.27. The lowest BCUT2D eigenvalue weighted by Gasteiger charge is -2.46. The molecule has 0 radical (unpaired) electrons. The maximum Gasteiger partial charge on any atom is 0.194 e. The highest BCUT2D eigenvalue weighted by Gasteiger charge is 2.51. The van der Waals surface area contributed by atoms with E-state index in [-0.39, 0.29) is 22.6 Å². The van der Waals surface area contributed by atoms with E-state index >= 15 is 0 Å². The topological polar surface area (TPSA) is 214 Å². The zero-order chi connectivity index (χ0) is 33.6. The summed E-state index contributed by atoms with van der Waals surface area (Å²) in [7, 11) is 0. The highest BCUT2D eigenvalue weighted by atomic mass is 32.2. The monoisotopic (exact) mass is 685 g/mol. The smallest absolute Gasteiger partial charge is 0.194 e. The highest BCUT2D eigenvalue weighted by molar-refractivity contribution is 8.00. The Hall–Kier alpha value is -3.60. The number of halogens is 4. The molecule has 0 bridgehead atoms. The first-order valence-corrected chi connectivity index (χ1v) is 15.0. The van der Waals surface area contributed by atoms with Crippen LogP contribution in [0.1, 0.15) is 12.1 Å². The van der Waals surface area contributed by atoms with Gasteiger partial charge >= 0.3 is 0 Å². The third kappa shape index (κ3) is 6.35. The molecule has 0 spiro atoms. The van der Waals surface area contributed by atoms with Crippen molar-refractivity contribution in [3.63, 3.8) is 0 Å². The molecule has 6 rings (SSSR count). The van der Waals surface area contributed by atoms with Crippen molar-refractivity contribution in [2.24, 2.45) is 0 Å². The molecular weight excluding hydrogens is 658 g/mol. The van der Waals surface area contributed by atoms with Gasteiger partial charge in [0.25, 0.3) is 0 Å². The Balaban J connectivity index is 1.25. The average Bonchev–Trinajstić information content (AvgIpc) is 3.74. The van der Waals surface area contributed by atoms with E-state index in [0.29, 0.717) is 23.9 Å². The molecule has 20 heteroatoms. The number of ether oxygens (including phenoxy) is 2. The largest absolute Gasteiger partial charge is 0.394 e. The number of pyridine rings is 1. The molecule has 0 saturated carbocycles. The van der Waals surface area contributed by atoms with Crippen molar-refractivity contribution >= 4 is 11.8 Å². The van der Waals surface area contributed by atoms with Crippen molar-refractivity contribution in [3.05, 3.63) is 66.1 Å². The first kappa shape index (κ1) is 33.3. The summed E-state index contributed by atoms with van der Waals surface area (Å²) >= 11 is 0.704. The van der Waals surface area contributed by atoms with Crippen LogP contribution in [0.25, 0.3) is 22.6 Å². The Kier molecular flexibility index (Phi) is 9.56. The minimum atomic E-state index is -1.68. The summed E-state index contributed by atoms with van der Waals surface area (Å²) in [4.78, 5) is 3.93. The fourth-order valence-electron chi connectivity index (χ4n) is 5.44. The van der Waals surface area contributed by atoms with Gasteiger partial charge in [-0.25, -0.2) is 26.9 Å². The van der Waals surface area contributed by atoms with E-state index in [1.807, 2.05) is 0 Å². The molecule has 10 atom stereocenters. The molecule has 6 N–H and O–H groups in total. The summed E-state index contributed by atoms with van der Waals surface area (Å²) in [5.41, 5.74) is -2.54. The quantitative estimate of drug-likeness (QED) is 0.102. The van der Waals surface area contributed by atoms with Gasteiger partial charge in [-0.2, -0.15) is 0 Å². The van der Waals surface area contributed by atoms with Crippen LogP contribution in [-0.2, 0) is 9.47 Å². The third-order valence-corrected chi connectivity index (χ3v) is 9.18. The van der Waals surface area contributed by atoms with E-state index in [1.165, 1.54) is 12.3 Å². The number of thioether (sulfide) groups is 1. The number of hydrogen-bond acceptors (Lipinski definition) is 14. The Morgan fingerprint density at radius 2 is 1.21 bits per heavy atom. The lowest BCUT2D eigenvalue weighted by molar-refractivity contribution is -0.189. The number of aliphatic hydroxyl groups excluding tert-OH is 6. The molecule has 0 amide bonds. The highest BCUT2D eigenvalue weighted by Crippen LogP contribution is 2.42. The lowest BCUT2D eigenvalue weighted by atomic mass is 9.97. The molecule has 0 aliphatic carbocycles. The minimum Gasteiger partial charge on any atom is -0.394 e. The second kappa shape index (κ2) is 13.5. The molecule has 252 valence electrons. The van der Waals surface area contributed by atoms with Crippen LogP contribution in [0.2, 0.25) is 0 Å². The van der Waals surface area contributed by atoms with Gasteiger partial charge in [0.1, 0.15) is 76.8 Å². The van der Waals surface area contributed by atoms with Crippen LogP contribution in [0.3, 0.4) is 0 Å². The molecular formula is C27H27F4N7O8S. The Bertz CT molecular complexity index is 1680. The van der Waals surface area contributed by atoms with E-state index in [9.17, 15) is 48.2 Å². The normalized spacial score (nSPS) is 31.3. The predicted molar refractivity (Wildman–Crippen MR) is 150 cm³/mol. The summed E-state index contributed by atoms with van der Waals surface area (Å²) in [6.07, 6.45) is -5.43. The average molecular weight is 686 g/mol. The number of nitrogens with zero attached hydrogens (tertiary/aromatic N) is 7. The van der Waals surface area contributed by atoms with Gasteiger partial charge in [0.15, 0.2) is 17.5 Å². The second-order valence-electron chi connectivity index (χ2n) is 10.8. The number of hydrogen-bond donors (Lipinski definition) is 6. The van der Waals surface area contributed by atoms with Gasteiger partial charge in [0.2, 0.25) is 0 Å². The van der Waals surface area contributed by atoms with Crippen LogP contribution in [0.4, 0.5) is 17.6 Å². The van der Waals surface area contributed by atoms with Crippen LogP contribution < -0.4 is 0 Å². The van der Waals surface area contributed by atoms with Gasteiger partial charge in [0, 0.05) is 5.56 Å². The van der Waals surface area contributed by atoms with Crippen molar-refractivity contribution in [2.45, 2.75) is 59.6 Å². The standard InChI is InChI=1S/C27H27F4N7O8S/c28-11-1-2-14(32-5-11)16-7-38(36-34-16)21-23(42)18(9-40)46-27(25(21)44)47-26-24(43)20(22(41)17(8-39)45-26)37-6-15(33-35-37)10-3-12(29)19(31)13(30)4-10/h1-7,17-18,20-27,39-44H,8-9H2/t17?,18-,20+,21?,22+,23?,24?,25-,26+,27?/m1/s1. The lowest BCUT2D eigenvalue weighted by Crippen LogP contribution is -2.58. The SMILES string of the molecule is OCC1O[C@@H](SC2O[C@H](CO)C(O)C(n3cc(-c4ccc(F)cn4)nn3)[C@H]2O)C(O)[C@@H](n2cc(-c3cc(F)c(F)c(F)c3)nn2)[C@H]1O. The number of aromatic nitrogens is 7. The molecule has 4 aromatic rings. The maximum absolute atomic E-state index is 13.8. The van der Waals surface area contributed by atoms with Crippen LogP contribution in [-0.4, -0.2) is 126 Å². The molecule has 2 aliphatic rings. The molecule has 2 aliphatic heterocycles. The van der Waals surface area contributed by atoms with Gasteiger partial charge in [-0.15, -0.1) is 10.2 Å². The summed E-state index contributed by atoms with van der Waals surface area (Å²) in [6.45, 7) is -1.42. The van der Waals surface area contributed by atoms with Crippen LogP contribution in [0.5, 0.6) is 0 Å². The summed E-state index contributed by atoms with van der Waals surface area (Å²) in [5.74, 6) is -5.19. The predicted octanol–water partition coefficient (Wildman–Crippen LogP) is -0.451. The first-order chi connectivity index (χ1) is 22.5. The van der Waals surface area contributed by atoms with Gasteiger partial charge in [0.05, 0.1) is 37.5 Å². The van der Waals surface area contributed by atoms with Crippen molar-refractivity contribution in [1.29, 1.82) is 0 Å². The van der Waals surface area contributed by atoms with E-state index < -0.39 is 96.1 Å². The zero-order valence-corrected chi connectivity index (χ0v) is 24.6. The maximum atomic E-state index is 13.8. The number of benzene rings is 1. The van der Waals surface area contributed by atoms with E-state index in [1.54, 1.807) is 0 Å². The Morgan fingerprint density at radius 1 is 0.702 bits per heavy atom. The number of aliphatic hydroxyl groups is 6. The van der Waals surface area contributed by atoms with Crippen molar-refractivity contribution < 1.29 is 57.7 Å². The second-order valence-corrected chi connectivity index (χ2v) is 12.0. The van der Waals surface area contributed by atoms with Crippen molar-refractivity contribution in [2.75, 3.05) is 13.2 Å². The Morgan fingerprint density at radius 3 is 1.70 bits per heavy atom. The van der Waals surface area contributed by atoms with Gasteiger partial charge in [-0.3, -0.25) is 4.98 Å². The third-order valence-electron chi connectivity index (χ3n) is 7.87. The van der Waals surface area contributed by atoms with Crippen LogP contribution >= 0.6 is 11.8 Å². The number of rotatable bonds is 8. The van der Waals surface area contributed by atoms with Gasteiger partial charge in [-0.05, 0) is 24.3 Å². The molecule has 1 aromatic carbocycles. The zero-order valence-electron chi connectivity index (χ0n) is 23.8. The summed E-state index contributed by atoms with van der Waals surface area (Å²) in [5, 5.41) is 80.1. The summed E-state index contributed by atoms with van der Waals surface area (Å²) < 4.78 is 68.1. The van der Waals surface area contributed by atoms with Crippen molar-refractivity contribution in [3.8, 4) is 22.6 Å². The Labute approximate surface area is 266 Å². The van der Waals surface area contributed by atoms with E-state index in [2.05, 4.69) is 25.6 Å². The van der Waals surface area contributed by atoms with Crippen LogP contribution in [0, 0.1) is 23.3 Å². The fourth-order valence-corrected chi connectivity index (χ4v) is 6.77. The van der Waals surface area contributed by atoms with Crippen molar-refractivity contribution in [1.82, 2.24) is 35.0 Å². The fraction of sp³-hybridized carbons (Fsp3) is 0.444. The minimum absolute atomic E-state index is 0.130. The molecule has 5 unspecified atom stereocenters. The molecule has 2 saturated heterocycles. The molecule has 3 aromatic heterocycles.